The fraction of sp³-hybridized carbons (Fsp3) is 0.731. The Labute approximate surface area is 410 Å². The molecule has 0 heterocycles. The van der Waals surface area contributed by atoms with Gasteiger partial charge in [-0.15, -0.1) is 0 Å². The number of esters is 2. The number of halogens is 3. The van der Waals surface area contributed by atoms with Crippen LogP contribution in [-0.4, -0.2) is 144 Å². The number of hydrogen-bond donors (Lipinski definition) is 1. The van der Waals surface area contributed by atoms with Crippen LogP contribution in [0.15, 0.2) is 48.5 Å². The molecule has 0 saturated heterocycles. The van der Waals surface area contributed by atoms with Crippen LogP contribution in [0.2, 0.25) is 0 Å². The molecule has 17 heteroatoms. The number of unbranched alkanes of at least 4 members (excludes halogenated alkanes) is 14. The van der Waals surface area contributed by atoms with Gasteiger partial charge in [0.1, 0.15) is 13.2 Å². The predicted molar refractivity (Wildman–Crippen MR) is 259 cm³/mol. The molecule has 0 atom stereocenters. The molecule has 0 aliphatic rings. The van der Waals surface area contributed by atoms with E-state index in [1.165, 1.54) is 102 Å². The zero-order valence-corrected chi connectivity index (χ0v) is 41.5. The summed E-state index contributed by atoms with van der Waals surface area (Å²) in [7, 11) is 0. The molecule has 0 bridgehead atoms. The summed E-state index contributed by atoms with van der Waals surface area (Å²) in [6, 6.07) is 11.1. The molecule has 0 spiro atoms. The monoisotopic (exact) mass is 988 g/mol. The molecule has 0 saturated carbocycles. The number of para-hydroxylation sites is 1. The molecule has 2 rings (SSSR count). The maximum absolute atomic E-state index is 13.1. The van der Waals surface area contributed by atoms with Gasteiger partial charge >= 0.3 is 18.1 Å². The van der Waals surface area contributed by atoms with Crippen molar-refractivity contribution >= 4 is 23.3 Å². The highest BCUT2D eigenvalue weighted by molar-refractivity contribution is 5.96. The molecule has 0 amide bonds. The first-order chi connectivity index (χ1) is 33.8. The van der Waals surface area contributed by atoms with Crippen LogP contribution < -0.4 is 5.32 Å². The third-order valence-electron chi connectivity index (χ3n) is 10.5. The van der Waals surface area contributed by atoms with E-state index >= 15 is 0 Å². The number of hydrogen-bond acceptors (Lipinski definition) is 14. The van der Waals surface area contributed by atoms with Gasteiger partial charge in [0.25, 0.3) is 0 Å². The summed E-state index contributed by atoms with van der Waals surface area (Å²) in [6.45, 7) is 9.82. The van der Waals surface area contributed by atoms with Gasteiger partial charge in [0.2, 0.25) is 0 Å². The number of anilines is 2. The molecule has 2 aromatic rings. The van der Waals surface area contributed by atoms with Crippen molar-refractivity contribution in [2.75, 3.05) is 137 Å². The average molecular weight is 988 g/mol. The highest BCUT2D eigenvalue weighted by atomic mass is 19.4. The zero-order valence-electron chi connectivity index (χ0n) is 41.5. The summed E-state index contributed by atoms with van der Waals surface area (Å²) in [4.78, 5) is 24.6. The topological polar surface area (TPSA) is 148 Å². The Hall–Kier alpha value is -3.39. The van der Waals surface area contributed by atoms with Gasteiger partial charge < -0.3 is 57.4 Å². The Bertz CT molecular complexity index is 1510. The predicted octanol–water partition coefficient (Wildman–Crippen LogP) is 10.6. The van der Waals surface area contributed by atoms with E-state index in [4.69, 9.17) is 52.1 Å². The second-order valence-electron chi connectivity index (χ2n) is 16.3. The summed E-state index contributed by atoms with van der Waals surface area (Å²) in [6.07, 6.45) is 15.5. The van der Waals surface area contributed by atoms with E-state index in [-0.39, 0.29) is 37.0 Å². The molecule has 396 valence electrons. The SMILES string of the molecule is CCCCCCCCCCCCCCCCCC(=O)OCCOCCOCCOCCOCCOCCOCCOCCOCCOCCOC(=O)c1ccccc1Nc1cccc(C(F)(F)F)c1. The first-order valence-corrected chi connectivity index (χ1v) is 25.4. The second kappa shape index (κ2) is 44.5. The van der Waals surface area contributed by atoms with E-state index < -0.39 is 17.7 Å². The van der Waals surface area contributed by atoms with Crippen molar-refractivity contribution in [1.82, 2.24) is 0 Å². The lowest BCUT2D eigenvalue weighted by molar-refractivity contribution is -0.145. The Morgan fingerprint density at radius 1 is 0.435 bits per heavy atom. The van der Waals surface area contributed by atoms with Gasteiger partial charge in [0.15, 0.2) is 0 Å². The third kappa shape index (κ3) is 37.1. The minimum absolute atomic E-state index is 0.00618. The van der Waals surface area contributed by atoms with Crippen LogP contribution >= 0.6 is 0 Å². The standard InChI is InChI=1S/C52H84F3NO13/c1-2-3-4-5-6-7-8-9-10-11-12-13-14-15-16-24-50(57)68-43-41-66-39-37-64-35-33-62-31-29-60-27-25-59-26-28-61-30-32-63-34-36-65-38-40-67-42-44-69-51(58)48-22-17-18-23-49(48)56-47-21-19-20-46(45-47)52(53,54)55/h17-23,45,56H,2-16,24-44H2,1H3. The van der Waals surface area contributed by atoms with E-state index in [1.54, 1.807) is 18.2 Å². The first kappa shape index (κ1) is 61.7. The lowest BCUT2D eigenvalue weighted by Gasteiger charge is -2.13. The molecule has 0 aliphatic carbocycles. The van der Waals surface area contributed by atoms with Crippen LogP contribution in [0, 0.1) is 0 Å². The largest absolute Gasteiger partial charge is 0.463 e. The van der Waals surface area contributed by atoms with Gasteiger partial charge in [0.05, 0.1) is 136 Å². The lowest BCUT2D eigenvalue weighted by Crippen LogP contribution is -2.16. The fourth-order valence-corrected chi connectivity index (χ4v) is 6.76. The molecule has 2 aromatic carbocycles. The first-order valence-electron chi connectivity index (χ1n) is 25.4. The maximum Gasteiger partial charge on any atom is 0.416 e. The molecule has 14 nitrogen and oxygen atoms in total. The Morgan fingerprint density at radius 3 is 1.20 bits per heavy atom. The molecular weight excluding hydrogens is 904 g/mol. The number of benzene rings is 2. The average Bonchev–Trinajstić information content (AvgIpc) is 3.34. The number of ether oxygens (including phenoxy) is 11. The van der Waals surface area contributed by atoms with Crippen molar-refractivity contribution in [3.8, 4) is 0 Å². The number of rotatable bonds is 49. The lowest BCUT2D eigenvalue weighted by atomic mass is 10.0. The summed E-state index contributed by atoms with van der Waals surface area (Å²) < 4.78 is 99.2. The molecule has 0 aliphatic heterocycles. The number of carbonyl (C=O) groups is 2. The highest BCUT2D eigenvalue weighted by Gasteiger charge is 2.30. The van der Waals surface area contributed by atoms with Crippen molar-refractivity contribution in [3.63, 3.8) is 0 Å². The molecular formula is C52H84F3NO13. The minimum atomic E-state index is -4.48. The van der Waals surface area contributed by atoms with Gasteiger partial charge in [-0.1, -0.05) is 115 Å². The van der Waals surface area contributed by atoms with Gasteiger partial charge in [-0.05, 0) is 36.8 Å². The van der Waals surface area contributed by atoms with Crippen molar-refractivity contribution in [2.24, 2.45) is 0 Å². The van der Waals surface area contributed by atoms with Crippen LogP contribution in [0.3, 0.4) is 0 Å². The van der Waals surface area contributed by atoms with Gasteiger partial charge in [-0.2, -0.15) is 13.2 Å². The Kier molecular flexibility index (Phi) is 39.8. The Balaban J connectivity index is 1.22. The van der Waals surface area contributed by atoms with Gasteiger partial charge in [0, 0.05) is 12.1 Å². The van der Waals surface area contributed by atoms with E-state index in [0.717, 1.165) is 25.0 Å². The van der Waals surface area contributed by atoms with Crippen LogP contribution in [0.1, 0.15) is 126 Å². The molecule has 0 unspecified atom stereocenters. The van der Waals surface area contributed by atoms with E-state index in [0.29, 0.717) is 124 Å². The summed E-state index contributed by atoms with van der Waals surface area (Å²) in [5, 5.41) is 2.86. The summed E-state index contributed by atoms with van der Waals surface area (Å²) in [5.41, 5.74) is -0.0990. The summed E-state index contributed by atoms with van der Waals surface area (Å²) in [5.74, 6) is -0.778. The van der Waals surface area contributed by atoms with Crippen molar-refractivity contribution in [3.05, 3.63) is 59.7 Å². The minimum Gasteiger partial charge on any atom is -0.463 e. The van der Waals surface area contributed by atoms with Crippen molar-refractivity contribution in [1.29, 1.82) is 0 Å². The van der Waals surface area contributed by atoms with Gasteiger partial charge in [-0.25, -0.2) is 4.79 Å². The fourth-order valence-electron chi connectivity index (χ4n) is 6.76. The van der Waals surface area contributed by atoms with Crippen molar-refractivity contribution < 1.29 is 74.9 Å². The van der Waals surface area contributed by atoms with E-state index in [1.807, 2.05) is 0 Å². The number of alkyl halides is 3. The van der Waals surface area contributed by atoms with Crippen LogP contribution in [0.4, 0.5) is 24.5 Å². The molecule has 0 fully saturated rings. The quantitative estimate of drug-likeness (QED) is 0.0495. The Morgan fingerprint density at radius 2 is 0.797 bits per heavy atom. The normalized spacial score (nSPS) is 11.6. The second-order valence-corrected chi connectivity index (χ2v) is 16.3. The van der Waals surface area contributed by atoms with E-state index in [2.05, 4.69) is 12.2 Å². The maximum atomic E-state index is 13.1. The molecule has 0 radical (unpaired) electrons. The van der Waals surface area contributed by atoms with Gasteiger partial charge in [-0.3, -0.25) is 4.79 Å². The summed E-state index contributed by atoms with van der Waals surface area (Å²) >= 11 is 0. The molecule has 0 aromatic heterocycles. The van der Waals surface area contributed by atoms with Crippen LogP contribution in [0.25, 0.3) is 0 Å². The molecule has 69 heavy (non-hydrogen) atoms. The molecule has 1 N–H and O–H groups in total. The smallest absolute Gasteiger partial charge is 0.416 e. The van der Waals surface area contributed by atoms with Crippen LogP contribution in [-0.2, 0) is 63.1 Å². The van der Waals surface area contributed by atoms with Crippen molar-refractivity contribution in [2.45, 2.75) is 116 Å². The highest BCUT2D eigenvalue weighted by Crippen LogP contribution is 2.32. The number of nitrogens with one attached hydrogen (secondary N) is 1. The number of carbonyl (C=O) groups excluding carboxylic acids is 2. The zero-order chi connectivity index (χ0) is 49.6. The van der Waals surface area contributed by atoms with E-state index in [9.17, 15) is 22.8 Å². The third-order valence-corrected chi connectivity index (χ3v) is 10.5. The van der Waals surface area contributed by atoms with Crippen LogP contribution in [0.5, 0.6) is 0 Å².